The molecule has 1 heterocycles. The summed E-state index contributed by atoms with van der Waals surface area (Å²) in [5, 5.41) is 0. The molecule has 2 rings (SSSR count). The molecule has 1 N–H and O–H groups in total. The monoisotopic (exact) mass is 413 g/mol. The van der Waals surface area contributed by atoms with E-state index in [9.17, 15) is 16.8 Å². The second-order valence-corrected chi connectivity index (χ2v) is 9.62. The van der Waals surface area contributed by atoms with Gasteiger partial charge in [-0.25, -0.2) is 21.6 Å². The first kappa shape index (κ1) is 17.5. The van der Waals surface area contributed by atoms with Crippen LogP contribution in [0.4, 0.5) is 0 Å². The molecule has 0 saturated carbocycles. The van der Waals surface area contributed by atoms with Gasteiger partial charge >= 0.3 is 0 Å². The Labute approximate surface area is 138 Å². The molecule has 0 unspecified atom stereocenters. The van der Waals surface area contributed by atoms with Gasteiger partial charge in [0.1, 0.15) is 4.90 Å². The highest BCUT2D eigenvalue weighted by Crippen LogP contribution is 2.35. The Bertz CT molecular complexity index is 775. The topological polar surface area (TPSA) is 98.8 Å². The molecule has 10 heteroatoms. The Hall–Kier alpha value is -0.840. The van der Waals surface area contributed by atoms with Gasteiger partial charge in [-0.05, 0) is 28.4 Å². The van der Waals surface area contributed by atoms with Gasteiger partial charge in [0.25, 0.3) is 0 Å². The van der Waals surface area contributed by atoms with Crippen molar-refractivity contribution < 1.29 is 26.3 Å². The number of benzene rings is 1. The van der Waals surface area contributed by atoms with E-state index in [1.165, 1.54) is 26.4 Å². The molecule has 1 saturated heterocycles. The van der Waals surface area contributed by atoms with Gasteiger partial charge in [-0.2, -0.15) is 0 Å². The van der Waals surface area contributed by atoms with Crippen molar-refractivity contribution in [3.8, 4) is 11.5 Å². The molecule has 1 aromatic rings. The minimum absolute atomic E-state index is 0.00666. The van der Waals surface area contributed by atoms with Crippen molar-refractivity contribution in [2.24, 2.45) is 0 Å². The van der Waals surface area contributed by atoms with Crippen LogP contribution >= 0.6 is 15.9 Å². The van der Waals surface area contributed by atoms with Gasteiger partial charge in [-0.15, -0.1) is 0 Å². The van der Waals surface area contributed by atoms with Crippen molar-refractivity contribution in [2.45, 2.75) is 17.4 Å². The molecular formula is C12H16BrNO6S2. The van der Waals surface area contributed by atoms with Crippen molar-refractivity contribution in [3.63, 3.8) is 0 Å². The molecular weight excluding hydrogens is 398 g/mol. The summed E-state index contributed by atoms with van der Waals surface area (Å²) in [6, 6.07) is 2.20. The third-order valence-corrected chi connectivity index (χ3v) is 7.53. The molecule has 7 nitrogen and oxygen atoms in total. The average molecular weight is 414 g/mol. The van der Waals surface area contributed by atoms with E-state index >= 15 is 0 Å². The summed E-state index contributed by atoms with van der Waals surface area (Å²) in [6.45, 7) is 0. The lowest BCUT2D eigenvalue weighted by Crippen LogP contribution is -2.35. The summed E-state index contributed by atoms with van der Waals surface area (Å²) in [5.74, 6) is 0.464. The lowest BCUT2D eigenvalue weighted by atomic mass is 10.3. The molecule has 0 amide bonds. The number of hydrogen-bond donors (Lipinski definition) is 1. The van der Waals surface area contributed by atoms with E-state index in [0.29, 0.717) is 10.2 Å². The summed E-state index contributed by atoms with van der Waals surface area (Å²) in [7, 11) is -4.20. The van der Waals surface area contributed by atoms with Gasteiger partial charge < -0.3 is 9.47 Å². The fraction of sp³-hybridized carbons (Fsp3) is 0.500. The number of nitrogens with one attached hydrogen (secondary N) is 1. The maximum atomic E-state index is 12.5. The Morgan fingerprint density at radius 3 is 2.32 bits per heavy atom. The summed E-state index contributed by atoms with van der Waals surface area (Å²) in [4.78, 5) is -0.0329. The molecule has 1 aromatic carbocycles. The molecule has 22 heavy (non-hydrogen) atoms. The van der Waals surface area contributed by atoms with Gasteiger partial charge in [-0.3, -0.25) is 0 Å². The van der Waals surface area contributed by atoms with E-state index in [1.54, 1.807) is 0 Å². The van der Waals surface area contributed by atoms with Gasteiger partial charge in [0.15, 0.2) is 21.3 Å². The normalized spacial score (nSPS) is 20.8. The van der Waals surface area contributed by atoms with E-state index in [4.69, 9.17) is 9.47 Å². The minimum Gasteiger partial charge on any atom is -0.493 e. The molecule has 1 aliphatic heterocycles. The SMILES string of the molecule is COc1cc(Br)c(S(=O)(=O)N[C@@H]2CCS(=O)(=O)C2)cc1OC. The van der Waals surface area contributed by atoms with Crippen molar-refractivity contribution in [3.05, 3.63) is 16.6 Å². The van der Waals surface area contributed by atoms with Crippen LogP contribution in [0.25, 0.3) is 0 Å². The highest BCUT2D eigenvalue weighted by Gasteiger charge is 2.32. The predicted molar refractivity (Wildman–Crippen MR) is 84.6 cm³/mol. The molecule has 1 aliphatic rings. The van der Waals surface area contributed by atoms with Crippen molar-refractivity contribution in [1.29, 1.82) is 0 Å². The van der Waals surface area contributed by atoms with E-state index < -0.39 is 25.9 Å². The number of hydrogen-bond acceptors (Lipinski definition) is 6. The highest BCUT2D eigenvalue weighted by atomic mass is 79.9. The van der Waals surface area contributed by atoms with E-state index in [1.807, 2.05) is 0 Å². The highest BCUT2D eigenvalue weighted by molar-refractivity contribution is 9.10. The van der Waals surface area contributed by atoms with Crippen molar-refractivity contribution >= 4 is 35.8 Å². The predicted octanol–water partition coefficient (Wildman–Crippen LogP) is 0.932. The Kier molecular flexibility index (Phi) is 5.05. The minimum atomic E-state index is -3.88. The largest absolute Gasteiger partial charge is 0.493 e. The molecule has 0 aromatic heterocycles. The Morgan fingerprint density at radius 1 is 1.23 bits per heavy atom. The maximum absolute atomic E-state index is 12.5. The number of sulfonamides is 1. The Balaban J connectivity index is 2.33. The van der Waals surface area contributed by atoms with Crippen LogP contribution in [-0.4, -0.2) is 48.6 Å². The van der Waals surface area contributed by atoms with Gasteiger partial charge in [0, 0.05) is 16.6 Å². The van der Waals surface area contributed by atoms with Crippen LogP contribution in [0.5, 0.6) is 11.5 Å². The van der Waals surface area contributed by atoms with Crippen molar-refractivity contribution in [2.75, 3.05) is 25.7 Å². The van der Waals surface area contributed by atoms with Crippen LogP contribution in [0, 0.1) is 0 Å². The molecule has 0 aliphatic carbocycles. The zero-order valence-corrected chi connectivity index (χ0v) is 15.2. The van der Waals surface area contributed by atoms with Crippen LogP contribution in [0.2, 0.25) is 0 Å². The van der Waals surface area contributed by atoms with Crippen LogP contribution in [0.15, 0.2) is 21.5 Å². The van der Waals surface area contributed by atoms with E-state index in [-0.39, 0.29) is 28.6 Å². The first-order valence-electron chi connectivity index (χ1n) is 6.33. The molecule has 1 atom stereocenters. The molecule has 1 fully saturated rings. The number of methoxy groups -OCH3 is 2. The fourth-order valence-corrected chi connectivity index (χ4v) is 6.30. The zero-order valence-electron chi connectivity index (χ0n) is 12.0. The van der Waals surface area contributed by atoms with E-state index in [0.717, 1.165) is 0 Å². The molecule has 0 radical (unpaired) electrons. The first-order chi connectivity index (χ1) is 10.2. The lowest BCUT2D eigenvalue weighted by molar-refractivity contribution is 0.353. The number of sulfone groups is 1. The average Bonchev–Trinajstić information content (AvgIpc) is 2.76. The summed E-state index contributed by atoms with van der Waals surface area (Å²) >= 11 is 3.19. The lowest BCUT2D eigenvalue weighted by Gasteiger charge is -2.15. The molecule has 124 valence electrons. The van der Waals surface area contributed by atoms with Gasteiger partial charge in [-0.1, -0.05) is 0 Å². The standard InChI is InChI=1S/C12H16BrNO6S2/c1-19-10-5-9(13)12(6-11(10)20-2)22(17,18)14-8-3-4-21(15,16)7-8/h5-6,8,14H,3-4,7H2,1-2H3/t8-/m1/s1. The first-order valence-corrected chi connectivity index (χ1v) is 10.4. The van der Waals surface area contributed by atoms with Crippen LogP contribution in [0.1, 0.15) is 6.42 Å². The number of rotatable bonds is 5. The van der Waals surface area contributed by atoms with Crippen LogP contribution in [-0.2, 0) is 19.9 Å². The number of halogens is 1. The summed E-state index contributed by atoms with van der Waals surface area (Å²) in [5.41, 5.74) is 0. The zero-order chi connectivity index (χ0) is 16.5. The summed E-state index contributed by atoms with van der Waals surface area (Å²) in [6.07, 6.45) is 0.270. The second kappa shape index (κ2) is 6.34. The second-order valence-electron chi connectivity index (χ2n) is 4.86. The van der Waals surface area contributed by atoms with Crippen LogP contribution < -0.4 is 14.2 Å². The smallest absolute Gasteiger partial charge is 0.242 e. The number of ether oxygens (including phenoxy) is 2. The van der Waals surface area contributed by atoms with Crippen molar-refractivity contribution in [1.82, 2.24) is 4.72 Å². The maximum Gasteiger partial charge on any atom is 0.242 e. The fourth-order valence-electron chi connectivity index (χ4n) is 2.21. The van der Waals surface area contributed by atoms with E-state index in [2.05, 4.69) is 20.7 Å². The third kappa shape index (κ3) is 3.73. The third-order valence-electron chi connectivity index (χ3n) is 3.28. The van der Waals surface area contributed by atoms with Gasteiger partial charge in [0.05, 0.1) is 25.7 Å². The Morgan fingerprint density at radius 2 is 1.82 bits per heavy atom. The van der Waals surface area contributed by atoms with Crippen LogP contribution in [0.3, 0.4) is 0 Å². The summed E-state index contributed by atoms with van der Waals surface area (Å²) < 4.78 is 60.7. The van der Waals surface area contributed by atoms with Gasteiger partial charge in [0.2, 0.25) is 10.0 Å². The quantitative estimate of drug-likeness (QED) is 0.770. The molecule has 0 spiro atoms. The molecule has 0 bridgehead atoms.